The average molecular weight is 420 g/mol. The Balaban J connectivity index is 1.97. The molecule has 3 rings (SSSR count). The van der Waals surface area contributed by atoms with Crippen molar-refractivity contribution in [1.29, 1.82) is 0 Å². The number of ether oxygens (including phenoxy) is 1. The summed E-state index contributed by atoms with van der Waals surface area (Å²) in [5.41, 5.74) is 1.31. The minimum atomic E-state index is -1.23. The monoisotopic (exact) mass is 420 g/mol. The van der Waals surface area contributed by atoms with Gasteiger partial charge in [-0.15, -0.1) is 0 Å². The number of aliphatic carboxylic acids is 1. The predicted molar refractivity (Wildman–Crippen MR) is 112 cm³/mol. The summed E-state index contributed by atoms with van der Waals surface area (Å²) in [6.45, 7) is 0.0396. The van der Waals surface area contributed by atoms with Crippen LogP contribution in [0.25, 0.3) is 6.08 Å². The first-order valence-electron chi connectivity index (χ1n) is 9.77. The molecule has 31 heavy (non-hydrogen) atoms. The van der Waals surface area contributed by atoms with Crippen molar-refractivity contribution in [1.82, 2.24) is 4.90 Å². The maximum absolute atomic E-state index is 13.0. The van der Waals surface area contributed by atoms with Crippen LogP contribution in [-0.2, 0) is 14.4 Å². The molecule has 0 saturated heterocycles. The van der Waals surface area contributed by atoms with Crippen molar-refractivity contribution in [3.63, 3.8) is 0 Å². The van der Waals surface area contributed by atoms with Crippen LogP contribution in [0.15, 0.2) is 72.0 Å². The quantitative estimate of drug-likeness (QED) is 0.624. The van der Waals surface area contributed by atoms with Gasteiger partial charge in [0.15, 0.2) is 11.5 Å². The van der Waals surface area contributed by atoms with E-state index in [-0.39, 0.29) is 25.0 Å². The van der Waals surface area contributed by atoms with Crippen LogP contribution >= 0.6 is 0 Å². The molecule has 2 aromatic carbocycles. The van der Waals surface area contributed by atoms with Gasteiger partial charge in [-0.2, -0.15) is 0 Å². The molecular formula is C24H22NO6-. The number of amides is 1. The molecule has 1 aliphatic rings. The molecule has 0 aromatic heterocycles. The molecule has 0 aliphatic carbocycles. The van der Waals surface area contributed by atoms with Gasteiger partial charge in [-0.25, -0.2) is 0 Å². The first-order chi connectivity index (χ1) is 14.9. The number of hydrogen-bond acceptors (Lipinski definition) is 6. The first-order valence-corrected chi connectivity index (χ1v) is 9.77. The molecule has 1 amide bonds. The maximum atomic E-state index is 13.0. The van der Waals surface area contributed by atoms with E-state index in [1.165, 1.54) is 18.1 Å². The van der Waals surface area contributed by atoms with Crippen molar-refractivity contribution in [3.8, 4) is 5.75 Å². The molecule has 0 saturated carbocycles. The normalized spacial score (nSPS) is 16.2. The van der Waals surface area contributed by atoms with Crippen LogP contribution < -0.4 is 9.84 Å². The van der Waals surface area contributed by atoms with Crippen LogP contribution in [0.3, 0.4) is 0 Å². The summed E-state index contributed by atoms with van der Waals surface area (Å²) in [4.78, 5) is 37.9. The number of aliphatic hydroxyl groups excluding tert-OH is 1. The Bertz CT molecular complexity index is 1040. The highest BCUT2D eigenvalue weighted by Gasteiger charge is 2.42. The summed E-state index contributed by atoms with van der Waals surface area (Å²) in [6.07, 6.45) is 2.80. The molecule has 0 fully saturated rings. The number of carbonyl (C=O) groups is 3. The van der Waals surface area contributed by atoms with Gasteiger partial charge in [-0.1, -0.05) is 48.5 Å². The molecule has 0 spiro atoms. The number of methoxy groups -OCH3 is 1. The fourth-order valence-electron chi connectivity index (χ4n) is 3.51. The minimum Gasteiger partial charge on any atom is -0.550 e. The molecular weight excluding hydrogens is 398 g/mol. The number of carbonyl (C=O) groups excluding carboxylic acids is 3. The van der Waals surface area contributed by atoms with E-state index in [1.54, 1.807) is 30.3 Å². The molecule has 0 unspecified atom stereocenters. The predicted octanol–water partition coefficient (Wildman–Crippen LogP) is 2.20. The number of carboxylic acid groups (broad SMARTS) is 1. The number of carboxylic acids is 1. The largest absolute Gasteiger partial charge is 0.550 e. The van der Waals surface area contributed by atoms with Crippen molar-refractivity contribution >= 4 is 23.7 Å². The molecule has 7 heteroatoms. The van der Waals surface area contributed by atoms with E-state index in [0.717, 1.165) is 5.56 Å². The van der Waals surface area contributed by atoms with Crippen molar-refractivity contribution in [2.45, 2.75) is 18.9 Å². The lowest BCUT2D eigenvalue weighted by atomic mass is 9.95. The van der Waals surface area contributed by atoms with Crippen molar-refractivity contribution < 1.29 is 29.3 Å². The van der Waals surface area contributed by atoms with Gasteiger partial charge in [0.2, 0.25) is 0 Å². The summed E-state index contributed by atoms with van der Waals surface area (Å²) in [5.74, 6) is -2.57. The molecule has 1 aliphatic heterocycles. The smallest absolute Gasteiger partial charge is 0.290 e. The molecule has 2 aromatic rings. The highest BCUT2D eigenvalue weighted by molar-refractivity contribution is 6.14. The van der Waals surface area contributed by atoms with Gasteiger partial charge in [0.25, 0.3) is 5.91 Å². The Labute approximate surface area is 179 Å². The third kappa shape index (κ3) is 5.01. The number of nitrogens with zero attached hydrogens (tertiary/aromatic N) is 1. The van der Waals surface area contributed by atoms with Gasteiger partial charge in [0.1, 0.15) is 5.75 Å². The minimum absolute atomic E-state index is 0.0396. The van der Waals surface area contributed by atoms with Crippen molar-refractivity contribution in [2.75, 3.05) is 13.7 Å². The van der Waals surface area contributed by atoms with Gasteiger partial charge in [-0.3, -0.25) is 9.59 Å². The Kier molecular flexibility index (Phi) is 6.87. The topological polar surface area (TPSA) is 107 Å². The highest BCUT2D eigenvalue weighted by Crippen LogP contribution is 2.39. The fourth-order valence-corrected chi connectivity index (χ4v) is 3.51. The SMILES string of the molecule is COc1cccc([C@H]2C(C(=O)/C=C/c3ccccc3)=C(O)C(=O)N2CCCC(=O)[O-])c1. The summed E-state index contributed by atoms with van der Waals surface area (Å²) in [7, 11) is 1.50. The third-order valence-corrected chi connectivity index (χ3v) is 4.99. The second kappa shape index (κ2) is 9.75. The van der Waals surface area contributed by atoms with Gasteiger partial charge < -0.3 is 24.6 Å². The van der Waals surface area contributed by atoms with E-state index in [9.17, 15) is 24.6 Å². The second-order valence-electron chi connectivity index (χ2n) is 7.02. The Hall–Kier alpha value is -3.87. The number of allylic oxidation sites excluding steroid dienone is 1. The zero-order chi connectivity index (χ0) is 22.4. The van der Waals surface area contributed by atoms with Crippen LogP contribution in [-0.4, -0.2) is 41.3 Å². The summed E-state index contributed by atoms with van der Waals surface area (Å²) >= 11 is 0. The lowest BCUT2D eigenvalue weighted by molar-refractivity contribution is -0.305. The fraction of sp³-hybridized carbons (Fsp3) is 0.208. The van der Waals surface area contributed by atoms with Crippen LogP contribution in [0.5, 0.6) is 5.75 Å². The molecule has 0 bridgehead atoms. The number of hydrogen-bond donors (Lipinski definition) is 1. The molecule has 1 atom stereocenters. The van der Waals surface area contributed by atoms with Gasteiger partial charge >= 0.3 is 0 Å². The van der Waals surface area contributed by atoms with Crippen LogP contribution in [0, 0.1) is 0 Å². The van der Waals surface area contributed by atoms with Crippen LogP contribution in [0.2, 0.25) is 0 Å². The summed E-state index contributed by atoms with van der Waals surface area (Å²) < 4.78 is 5.25. The Morgan fingerprint density at radius 2 is 1.90 bits per heavy atom. The lowest BCUT2D eigenvalue weighted by Gasteiger charge is -2.27. The molecule has 0 radical (unpaired) electrons. The number of ketones is 1. The standard InChI is InChI=1S/C24H23NO6/c1-31-18-10-5-9-17(15-18)22-21(19(26)13-12-16-7-3-2-4-8-16)23(29)24(30)25(22)14-6-11-20(27)28/h2-5,7-10,12-13,15,22,29H,6,11,14H2,1H3,(H,27,28)/p-1/b13-12+/t22-/m0/s1. The Morgan fingerprint density at radius 3 is 2.58 bits per heavy atom. The molecule has 1 heterocycles. The van der Waals surface area contributed by atoms with E-state index in [2.05, 4.69) is 0 Å². The van der Waals surface area contributed by atoms with Gasteiger partial charge in [-0.05, 0) is 42.2 Å². The molecule has 7 nitrogen and oxygen atoms in total. The zero-order valence-electron chi connectivity index (χ0n) is 17.0. The van der Waals surface area contributed by atoms with E-state index < -0.39 is 29.5 Å². The van der Waals surface area contributed by atoms with Crippen molar-refractivity contribution in [2.24, 2.45) is 0 Å². The second-order valence-corrected chi connectivity index (χ2v) is 7.02. The summed E-state index contributed by atoms with van der Waals surface area (Å²) in [5, 5.41) is 21.3. The molecule has 1 N–H and O–H groups in total. The Morgan fingerprint density at radius 1 is 1.16 bits per heavy atom. The zero-order valence-corrected chi connectivity index (χ0v) is 17.0. The maximum Gasteiger partial charge on any atom is 0.290 e. The lowest BCUT2D eigenvalue weighted by Crippen LogP contribution is -2.33. The van der Waals surface area contributed by atoms with E-state index in [4.69, 9.17) is 4.74 Å². The summed E-state index contributed by atoms with van der Waals surface area (Å²) in [6, 6.07) is 15.1. The number of rotatable bonds is 9. The van der Waals surface area contributed by atoms with Gasteiger partial charge in [0, 0.05) is 12.5 Å². The van der Waals surface area contributed by atoms with Crippen LogP contribution in [0.1, 0.15) is 30.0 Å². The molecule has 160 valence electrons. The highest BCUT2D eigenvalue weighted by atomic mass is 16.5. The van der Waals surface area contributed by atoms with E-state index in [0.29, 0.717) is 11.3 Å². The number of aliphatic hydroxyl groups is 1. The average Bonchev–Trinajstić information content (AvgIpc) is 3.03. The number of benzene rings is 2. The third-order valence-electron chi connectivity index (χ3n) is 4.99. The van der Waals surface area contributed by atoms with E-state index >= 15 is 0 Å². The van der Waals surface area contributed by atoms with Crippen LogP contribution in [0.4, 0.5) is 0 Å². The van der Waals surface area contributed by atoms with Gasteiger partial charge in [0.05, 0.1) is 18.7 Å². The van der Waals surface area contributed by atoms with E-state index in [1.807, 2.05) is 30.3 Å². The first kappa shape index (κ1) is 21.8. The van der Waals surface area contributed by atoms with Crippen molar-refractivity contribution in [3.05, 3.63) is 83.1 Å².